The number of thiophene rings is 1. The van der Waals surface area contributed by atoms with Crippen molar-refractivity contribution in [3.8, 4) is 6.07 Å². The van der Waals surface area contributed by atoms with Crippen LogP contribution in [0.5, 0.6) is 0 Å². The summed E-state index contributed by atoms with van der Waals surface area (Å²) in [6.45, 7) is 1.89. The zero-order valence-electron chi connectivity index (χ0n) is 15.5. The highest BCUT2D eigenvalue weighted by Crippen LogP contribution is 2.30. The van der Waals surface area contributed by atoms with Crippen LogP contribution in [0.4, 0.5) is 11.4 Å². The Hall–Kier alpha value is -2.85. The Morgan fingerprint density at radius 3 is 2.71 bits per heavy atom. The van der Waals surface area contributed by atoms with Gasteiger partial charge >= 0.3 is 11.8 Å². The SMILES string of the molecule is N#CCC1CC(NC(=O)C(=O)Nc2ccc(N3CCc4sccc4C3)cc2)C1. The molecule has 6 nitrogen and oxygen atoms in total. The van der Waals surface area contributed by atoms with E-state index in [4.69, 9.17) is 5.26 Å². The molecule has 0 atom stereocenters. The van der Waals surface area contributed by atoms with Crippen molar-refractivity contribution in [3.05, 3.63) is 46.2 Å². The van der Waals surface area contributed by atoms with E-state index in [9.17, 15) is 9.59 Å². The molecular weight excluding hydrogens is 372 g/mol. The summed E-state index contributed by atoms with van der Waals surface area (Å²) in [5, 5.41) is 16.2. The fourth-order valence-corrected chi connectivity index (χ4v) is 4.70. The molecular formula is C21H22N4O2S. The smallest absolute Gasteiger partial charge is 0.313 e. The van der Waals surface area contributed by atoms with Crippen LogP contribution in [-0.4, -0.2) is 24.4 Å². The zero-order valence-corrected chi connectivity index (χ0v) is 16.3. The summed E-state index contributed by atoms with van der Waals surface area (Å²) in [5.41, 5.74) is 3.10. The van der Waals surface area contributed by atoms with E-state index >= 15 is 0 Å². The third-order valence-corrected chi connectivity index (χ3v) is 6.48. The zero-order chi connectivity index (χ0) is 19.5. The van der Waals surface area contributed by atoms with Gasteiger partial charge in [0.15, 0.2) is 0 Å². The van der Waals surface area contributed by atoms with Gasteiger partial charge in [0.05, 0.1) is 6.07 Å². The number of carbonyl (C=O) groups is 2. The number of carbonyl (C=O) groups excluding carboxylic acids is 2. The predicted molar refractivity (Wildman–Crippen MR) is 109 cm³/mol. The number of rotatable bonds is 4. The second kappa shape index (κ2) is 8.03. The van der Waals surface area contributed by atoms with Gasteiger partial charge in [-0.25, -0.2) is 0 Å². The van der Waals surface area contributed by atoms with Crippen molar-refractivity contribution >= 4 is 34.5 Å². The van der Waals surface area contributed by atoms with Crippen molar-refractivity contribution in [1.82, 2.24) is 5.32 Å². The van der Waals surface area contributed by atoms with Gasteiger partial charge < -0.3 is 15.5 Å². The van der Waals surface area contributed by atoms with Gasteiger partial charge in [0.2, 0.25) is 0 Å². The van der Waals surface area contributed by atoms with E-state index < -0.39 is 11.8 Å². The molecule has 1 aliphatic heterocycles. The van der Waals surface area contributed by atoms with Crippen LogP contribution in [0.25, 0.3) is 0 Å². The summed E-state index contributed by atoms with van der Waals surface area (Å²) >= 11 is 1.82. The molecule has 2 aromatic rings. The predicted octanol–water partition coefficient (Wildman–Crippen LogP) is 3.06. The molecule has 1 aromatic carbocycles. The third kappa shape index (κ3) is 4.02. The number of nitriles is 1. The van der Waals surface area contributed by atoms with E-state index in [-0.39, 0.29) is 6.04 Å². The number of hydrogen-bond acceptors (Lipinski definition) is 5. The Balaban J connectivity index is 1.28. The first-order valence-electron chi connectivity index (χ1n) is 9.51. The van der Waals surface area contributed by atoms with E-state index in [2.05, 4.69) is 33.0 Å². The van der Waals surface area contributed by atoms with Crippen molar-refractivity contribution in [2.75, 3.05) is 16.8 Å². The van der Waals surface area contributed by atoms with Gasteiger partial charge in [0, 0.05) is 41.8 Å². The molecule has 0 radical (unpaired) electrons. The van der Waals surface area contributed by atoms with E-state index in [1.165, 1.54) is 10.4 Å². The lowest BCUT2D eigenvalue weighted by molar-refractivity contribution is -0.137. The van der Waals surface area contributed by atoms with Crippen LogP contribution < -0.4 is 15.5 Å². The average molecular weight is 395 g/mol. The number of benzene rings is 1. The fourth-order valence-electron chi connectivity index (χ4n) is 3.81. The maximum absolute atomic E-state index is 12.1. The molecule has 0 bridgehead atoms. The molecule has 0 spiro atoms. The third-order valence-electron chi connectivity index (χ3n) is 5.46. The molecule has 0 unspecified atom stereocenters. The van der Waals surface area contributed by atoms with Gasteiger partial charge in [-0.05, 0) is 66.5 Å². The topological polar surface area (TPSA) is 85.2 Å². The molecule has 1 aromatic heterocycles. The standard InChI is InChI=1S/C21H22N4O2S/c22-8-5-14-11-17(12-14)24-21(27)20(26)23-16-1-3-18(4-2-16)25-9-6-19-15(13-25)7-10-28-19/h1-4,7,10,14,17H,5-6,9,11-13H2,(H,23,26)(H,24,27). The monoisotopic (exact) mass is 394 g/mol. The van der Waals surface area contributed by atoms with Crippen LogP contribution >= 0.6 is 11.3 Å². The first-order chi connectivity index (χ1) is 13.6. The van der Waals surface area contributed by atoms with Crippen LogP contribution in [0.15, 0.2) is 35.7 Å². The summed E-state index contributed by atoms with van der Waals surface area (Å²) < 4.78 is 0. The lowest BCUT2D eigenvalue weighted by Crippen LogP contribution is -2.48. The van der Waals surface area contributed by atoms with Gasteiger partial charge in [-0.2, -0.15) is 5.26 Å². The van der Waals surface area contributed by atoms with Gasteiger partial charge in [-0.1, -0.05) is 0 Å². The first-order valence-corrected chi connectivity index (χ1v) is 10.4. The lowest BCUT2D eigenvalue weighted by atomic mass is 9.78. The van der Waals surface area contributed by atoms with Gasteiger partial charge in [-0.15, -0.1) is 11.3 Å². The Kier molecular flexibility index (Phi) is 5.31. The van der Waals surface area contributed by atoms with Crippen molar-refractivity contribution < 1.29 is 9.59 Å². The molecule has 1 aliphatic carbocycles. The van der Waals surface area contributed by atoms with Crippen molar-refractivity contribution in [3.63, 3.8) is 0 Å². The molecule has 28 heavy (non-hydrogen) atoms. The van der Waals surface area contributed by atoms with E-state index in [1.54, 1.807) is 0 Å². The number of hydrogen-bond donors (Lipinski definition) is 2. The van der Waals surface area contributed by atoms with Crippen molar-refractivity contribution in [1.29, 1.82) is 5.26 Å². The minimum Gasteiger partial charge on any atom is -0.367 e. The van der Waals surface area contributed by atoms with Gasteiger partial charge in [0.25, 0.3) is 0 Å². The fraction of sp³-hybridized carbons (Fsp3) is 0.381. The quantitative estimate of drug-likeness (QED) is 0.781. The van der Waals surface area contributed by atoms with Crippen LogP contribution in [0.2, 0.25) is 0 Å². The van der Waals surface area contributed by atoms with Gasteiger partial charge in [0.1, 0.15) is 0 Å². The summed E-state index contributed by atoms with van der Waals surface area (Å²) in [5.74, 6) is -0.936. The first kappa shape index (κ1) is 18.5. The Labute approximate surface area is 168 Å². The Morgan fingerprint density at radius 2 is 1.96 bits per heavy atom. The Bertz CT molecular complexity index is 909. The molecule has 1 fully saturated rings. The second-order valence-electron chi connectivity index (χ2n) is 7.41. The minimum absolute atomic E-state index is 0.0000680. The maximum atomic E-state index is 12.1. The van der Waals surface area contributed by atoms with Crippen molar-refractivity contribution in [2.45, 2.75) is 38.3 Å². The largest absolute Gasteiger partial charge is 0.367 e. The normalized spacial score (nSPS) is 20.5. The molecule has 2 aliphatic rings. The number of anilines is 2. The van der Waals surface area contributed by atoms with E-state index in [1.807, 2.05) is 35.6 Å². The average Bonchev–Trinajstić information content (AvgIpc) is 3.14. The highest BCUT2D eigenvalue weighted by molar-refractivity contribution is 7.10. The number of amides is 2. The highest BCUT2D eigenvalue weighted by atomic mass is 32.1. The molecule has 4 rings (SSSR count). The second-order valence-corrected chi connectivity index (χ2v) is 8.41. The number of nitrogens with one attached hydrogen (secondary N) is 2. The van der Waals surface area contributed by atoms with Crippen LogP contribution in [0.1, 0.15) is 29.7 Å². The number of fused-ring (bicyclic) bond motifs is 1. The highest BCUT2D eigenvalue weighted by Gasteiger charge is 2.31. The molecule has 2 amide bonds. The maximum Gasteiger partial charge on any atom is 0.313 e. The summed E-state index contributed by atoms with van der Waals surface area (Å²) in [6.07, 6.45) is 3.10. The van der Waals surface area contributed by atoms with Crippen molar-refractivity contribution in [2.24, 2.45) is 5.92 Å². The molecule has 2 N–H and O–H groups in total. The Morgan fingerprint density at radius 1 is 1.18 bits per heavy atom. The minimum atomic E-state index is -0.655. The molecule has 2 heterocycles. The molecule has 0 saturated heterocycles. The van der Waals surface area contributed by atoms with Crippen LogP contribution in [0.3, 0.4) is 0 Å². The lowest BCUT2D eigenvalue weighted by Gasteiger charge is -2.34. The van der Waals surface area contributed by atoms with E-state index in [0.29, 0.717) is 18.0 Å². The van der Waals surface area contributed by atoms with E-state index in [0.717, 1.165) is 38.0 Å². The summed E-state index contributed by atoms with van der Waals surface area (Å²) in [4.78, 5) is 27.9. The van der Waals surface area contributed by atoms with Crippen LogP contribution in [-0.2, 0) is 22.6 Å². The molecule has 7 heteroatoms. The summed E-state index contributed by atoms with van der Waals surface area (Å²) in [6, 6.07) is 11.9. The molecule has 144 valence electrons. The molecule has 1 saturated carbocycles. The number of nitrogens with zero attached hydrogens (tertiary/aromatic N) is 2. The van der Waals surface area contributed by atoms with Gasteiger partial charge in [-0.3, -0.25) is 9.59 Å². The van der Waals surface area contributed by atoms with Crippen LogP contribution in [0, 0.1) is 17.2 Å². The summed E-state index contributed by atoms with van der Waals surface area (Å²) in [7, 11) is 0.